The summed E-state index contributed by atoms with van der Waals surface area (Å²) >= 11 is 0. The van der Waals surface area contributed by atoms with Crippen molar-refractivity contribution in [2.24, 2.45) is 0 Å². The highest BCUT2D eigenvalue weighted by Crippen LogP contribution is 2.47. The molecule has 3 heterocycles. The molecule has 0 unspecified atom stereocenters. The molecule has 0 spiro atoms. The predicted octanol–water partition coefficient (Wildman–Crippen LogP) is 13.2. The van der Waals surface area contributed by atoms with Crippen molar-refractivity contribution in [1.82, 2.24) is 29.9 Å². The van der Waals surface area contributed by atoms with Crippen LogP contribution in [0.4, 0.5) is 0 Å². The number of benzene rings is 8. The van der Waals surface area contributed by atoms with Gasteiger partial charge >= 0.3 is 0 Å². The number of fused-ring (bicyclic) bond motifs is 4. The smallest absolute Gasteiger partial charge is 0.164 e. The first-order valence-electron chi connectivity index (χ1n) is 20.7. The van der Waals surface area contributed by atoms with E-state index in [9.17, 15) is 0 Å². The van der Waals surface area contributed by atoms with Crippen molar-refractivity contribution < 1.29 is 4.74 Å². The first-order chi connectivity index (χ1) is 30.4. The molecule has 0 bridgehead atoms. The van der Waals surface area contributed by atoms with E-state index < -0.39 is 5.60 Å². The number of nitrogens with zero attached hydrogens (tertiary/aromatic N) is 6. The maximum atomic E-state index is 6.77. The Labute approximate surface area is 359 Å². The average Bonchev–Trinajstić information content (AvgIpc) is 3.34. The zero-order valence-electron chi connectivity index (χ0n) is 34.1. The van der Waals surface area contributed by atoms with E-state index in [2.05, 4.69) is 105 Å². The van der Waals surface area contributed by atoms with Crippen LogP contribution in [-0.4, -0.2) is 29.9 Å². The lowest BCUT2D eigenvalue weighted by atomic mass is 9.85. The van der Waals surface area contributed by atoms with Gasteiger partial charge in [-0.3, -0.25) is 0 Å². The van der Waals surface area contributed by atoms with Gasteiger partial charge in [0.1, 0.15) is 11.4 Å². The fraction of sp³-hybridized carbons (Fsp3) is 0.0545. The third kappa shape index (κ3) is 6.85. The van der Waals surface area contributed by atoms with Gasteiger partial charge < -0.3 is 4.74 Å². The standard InChI is InChI=1S/C55H38N6O/c1-55(2)47-25-15-14-24-44(47)45-31-28-40(34-48(45)62-55)43-30-29-42(33-46(43)54-60-50(37-19-8-4-9-20-37)56-51(61-54)38-21-10-5-11-22-38)53-58-49(36-17-6-3-7-18-36)57-52(59-53)41-27-26-35-16-12-13-23-39(35)32-41/h3-34H,1-2H3. The highest BCUT2D eigenvalue weighted by atomic mass is 16.5. The lowest BCUT2D eigenvalue weighted by molar-refractivity contribution is 0.106. The number of hydrogen-bond acceptors (Lipinski definition) is 7. The van der Waals surface area contributed by atoms with E-state index in [1.807, 2.05) is 103 Å². The zero-order chi connectivity index (χ0) is 41.6. The Bertz CT molecular complexity index is 3240. The number of hydrogen-bond donors (Lipinski definition) is 0. The van der Waals surface area contributed by atoms with E-state index >= 15 is 0 Å². The minimum absolute atomic E-state index is 0.518. The molecular formula is C55H38N6O. The second-order valence-electron chi connectivity index (χ2n) is 15.9. The summed E-state index contributed by atoms with van der Waals surface area (Å²) in [5.74, 6) is 4.17. The summed E-state index contributed by atoms with van der Waals surface area (Å²) in [6.45, 7) is 4.24. The zero-order valence-corrected chi connectivity index (χ0v) is 34.1. The van der Waals surface area contributed by atoms with Gasteiger partial charge in [-0.05, 0) is 59.5 Å². The largest absolute Gasteiger partial charge is 0.482 e. The highest BCUT2D eigenvalue weighted by Gasteiger charge is 2.32. The molecule has 1 aliphatic rings. The van der Waals surface area contributed by atoms with Crippen molar-refractivity contribution in [2.45, 2.75) is 19.4 Å². The van der Waals surface area contributed by atoms with Gasteiger partial charge in [0.15, 0.2) is 34.9 Å². The van der Waals surface area contributed by atoms with Crippen LogP contribution in [0.15, 0.2) is 194 Å². The van der Waals surface area contributed by atoms with E-state index in [0.29, 0.717) is 34.9 Å². The molecule has 0 fully saturated rings. The molecule has 2 aromatic heterocycles. The molecule has 10 aromatic rings. The summed E-state index contributed by atoms with van der Waals surface area (Å²) in [5, 5.41) is 2.26. The second-order valence-corrected chi connectivity index (χ2v) is 15.9. The van der Waals surface area contributed by atoms with Crippen LogP contribution in [0.25, 0.3) is 101 Å². The topological polar surface area (TPSA) is 86.6 Å². The summed E-state index contributed by atoms with van der Waals surface area (Å²) in [6, 6.07) is 66.0. The predicted molar refractivity (Wildman–Crippen MR) is 248 cm³/mol. The molecule has 62 heavy (non-hydrogen) atoms. The van der Waals surface area contributed by atoms with Crippen molar-refractivity contribution in [3.05, 3.63) is 200 Å². The quantitative estimate of drug-likeness (QED) is 0.159. The molecular weight excluding hydrogens is 761 g/mol. The Morgan fingerprint density at radius 1 is 0.306 bits per heavy atom. The Balaban J connectivity index is 1.14. The van der Waals surface area contributed by atoms with E-state index in [-0.39, 0.29) is 0 Å². The van der Waals surface area contributed by atoms with Crippen LogP contribution in [0.2, 0.25) is 0 Å². The van der Waals surface area contributed by atoms with Crippen LogP contribution >= 0.6 is 0 Å². The molecule has 0 saturated carbocycles. The van der Waals surface area contributed by atoms with Gasteiger partial charge in [0.2, 0.25) is 0 Å². The lowest BCUT2D eigenvalue weighted by Gasteiger charge is -2.35. The molecule has 0 atom stereocenters. The van der Waals surface area contributed by atoms with Gasteiger partial charge in [0, 0.05) is 44.5 Å². The van der Waals surface area contributed by atoms with Crippen LogP contribution < -0.4 is 4.74 Å². The average molecular weight is 799 g/mol. The van der Waals surface area contributed by atoms with E-state index in [0.717, 1.165) is 72.2 Å². The first kappa shape index (κ1) is 36.9. The molecule has 0 aliphatic carbocycles. The Morgan fingerprint density at radius 3 is 1.37 bits per heavy atom. The van der Waals surface area contributed by atoms with Gasteiger partial charge in [0.25, 0.3) is 0 Å². The lowest BCUT2D eigenvalue weighted by Crippen LogP contribution is -2.29. The SMILES string of the molecule is CC1(C)Oc2cc(-c3ccc(-c4nc(-c5ccccc5)nc(-c5ccc6ccccc6c5)n4)cc3-c3nc(-c4ccccc4)nc(-c4ccccc4)n3)ccc2-c2ccccc21. The van der Waals surface area contributed by atoms with Crippen LogP contribution in [0.3, 0.4) is 0 Å². The minimum Gasteiger partial charge on any atom is -0.482 e. The summed E-state index contributed by atoms with van der Waals surface area (Å²) < 4.78 is 6.77. The number of aromatic nitrogens is 6. The molecule has 1 aliphatic heterocycles. The maximum Gasteiger partial charge on any atom is 0.164 e. The monoisotopic (exact) mass is 798 g/mol. The third-order valence-corrected chi connectivity index (χ3v) is 11.4. The van der Waals surface area contributed by atoms with Gasteiger partial charge in [-0.25, -0.2) is 29.9 Å². The summed E-state index contributed by atoms with van der Waals surface area (Å²) in [6.07, 6.45) is 0. The van der Waals surface area contributed by atoms with E-state index in [1.54, 1.807) is 0 Å². The van der Waals surface area contributed by atoms with Gasteiger partial charge in [-0.1, -0.05) is 176 Å². The fourth-order valence-corrected chi connectivity index (χ4v) is 8.30. The van der Waals surface area contributed by atoms with Crippen molar-refractivity contribution in [2.75, 3.05) is 0 Å². The molecule has 8 aromatic carbocycles. The normalized spacial score (nSPS) is 12.6. The van der Waals surface area contributed by atoms with Crippen molar-refractivity contribution >= 4 is 10.8 Å². The van der Waals surface area contributed by atoms with Crippen LogP contribution in [0.5, 0.6) is 5.75 Å². The summed E-state index contributed by atoms with van der Waals surface area (Å²) in [4.78, 5) is 30.8. The molecule has 294 valence electrons. The number of ether oxygens (including phenoxy) is 1. The van der Waals surface area contributed by atoms with E-state index in [4.69, 9.17) is 34.6 Å². The van der Waals surface area contributed by atoms with Crippen molar-refractivity contribution in [3.8, 4) is 96.3 Å². The molecule has 0 amide bonds. The molecule has 11 rings (SSSR count). The summed E-state index contributed by atoms with van der Waals surface area (Å²) in [5.41, 5.74) is 9.91. The minimum atomic E-state index is -0.518. The van der Waals surface area contributed by atoms with Crippen LogP contribution in [-0.2, 0) is 5.60 Å². The number of rotatable bonds is 7. The third-order valence-electron chi connectivity index (χ3n) is 11.4. The van der Waals surface area contributed by atoms with Gasteiger partial charge in [-0.2, -0.15) is 0 Å². The molecule has 7 nitrogen and oxygen atoms in total. The van der Waals surface area contributed by atoms with Crippen LogP contribution in [0, 0.1) is 0 Å². The van der Waals surface area contributed by atoms with Crippen molar-refractivity contribution in [1.29, 1.82) is 0 Å². The molecule has 0 saturated heterocycles. The Morgan fingerprint density at radius 2 is 0.758 bits per heavy atom. The Kier molecular flexibility index (Phi) is 9.01. The maximum absolute atomic E-state index is 6.77. The fourth-order valence-electron chi connectivity index (χ4n) is 8.30. The van der Waals surface area contributed by atoms with Gasteiger partial charge in [0.05, 0.1) is 0 Å². The molecule has 7 heteroatoms. The Hall–Kier alpha value is -8.16. The summed E-state index contributed by atoms with van der Waals surface area (Å²) in [7, 11) is 0. The van der Waals surface area contributed by atoms with Crippen LogP contribution in [0.1, 0.15) is 19.4 Å². The first-order valence-corrected chi connectivity index (χ1v) is 20.7. The molecule has 0 radical (unpaired) electrons. The van der Waals surface area contributed by atoms with Gasteiger partial charge in [-0.15, -0.1) is 0 Å². The van der Waals surface area contributed by atoms with Crippen molar-refractivity contribution in [3.63, 3.8) is 0 Å². The highest BCUT2D eigenvalue weighted by molar-refractivity contribution is 5.89. The second kappa shape index (κ2) is 15.1. The van der Waals surface area contributed by atoms with E-state index in [1.165, 1.54) is 5.56 Å². The molecule has 0 N–H and O–H groups in total.